The first-order chi connectivity index (χ1) is 9.96. The van der Waals surface area contributed by atoms with Crippen LogP contribution in [0.5, 0.6) is 0 Å². The fraction of sp³-hybridized carbons (Fsp3) is 1.00. The molecular weight excluding hydrogens is 260 g/mol. The molecule has 0 amide bonds. The van der Waals surface area contributed by atoms with Crippen LogP contribution in [0.25, 0.3) is 0 Å². The summed E-state index contributed by atoms with van der Waals surface area (Å²) in [6.45, 7) is 13.7. The summed E-state index contributed by atoms with van der Waals surface area (Å²) in [7, 11) is 0. The van der Waals surface area contributed by atoms with Gasteiger partial charge in [-0.05, 0) is 65.5 Å². The largest absolute Gasteiger partial charge is 0.372 e. The highest BCUT2D eigenvalue weighted by Crippen LogP contribution is 2.25. The van der Waals surface area contributed by atoms with Crippen LogP contribution in [0.3, 0.4) is 0 Å². The molecule has 2 unspecified atom stereocenters. The van der Waals surface area contributed by atoms with Crippen LogP contribution in [0, 0.1) is 5.92 Å². The molecule has 21 heavy (non-hydrogen) atoms. The number of piperidine rings is 1. The third-order valence-corrected chi connectivity index (χ3v) is 4.92. The van der Waals surface area contributed by atoms with Gasteiger partial charge in [-0.2, -0.15) is 0 Å². The Kier molecular flexibility index (Phi) is 6.51. The standard InChI is InChI=1S/C18H36N2O/c1-5-6-15-9-11-20(12-10-15)14-17-8-7-16(21-17)13-19-18(2,3)4/h15-17,19H,5-14H2,1-4H3. The van der Waals surface area contributed by atoms with Crippen molar-refractivity contribution in [3.63, 3.8) is 0 Å². The second kappa shape index (κ2) is 7.94. The van der Waals surface area contributed by atoms with Crippen LogP contribution in [0.1, 0.15) is 66.2 Å². The van der Waals surface area contributed by atoms with Crippen molar-refractivity contribution in [2.24, 2.45) is 5.92 Å². The molecule has 3 nitrogen and oxygen atoms in total. The second-order valence-corrected chi connectivity index (χ2v) is 8.12. The number of rotatable bonds is 6. The van der Waals surface area contributed by atoms with Gasteiger partial charge in [0.1, 0.15) is 0 Å². The van der Waals surface area contributed by atoms with Crippen LogP contribution in [-0.4, -0.2) is 48.8 Å². The van der Waals surface area contributed by atoms with Gasteiger partial charge in [-0.15, -0.1) is 0 Å². The molecular formula is C18H36N2O. The SMILES string of the molecule is CCCC1CCN(CC2CCC(CNC(C)(C)C)O2)CC1. The topological polar surface area (TPSA) is 24.5 Å². The molecule has 1 N–H and O–H groups in total. The van der Waals surface area contributed by atoms with Gasteiger partial charge >= 0.3 is 0 Å². The van der Waals surface area contributed by atoms with Crippen LogP contribution in [0.4, 0.5) is 0 Å². The van der Waals surface area contributed by atoms with Crippen molar-refractivity contribution >= 4 is 0 Å². The molecule has 2 heterocycles. The lowest BCUT2D eigenvalue weighted by Crippen LogP contribution is -2.42. The van der Waals surface area contributed by atoms with E-state index in [1.165, 1.54) is 51.6 Å². The first kappa shape index (κ1) is 17.2. The molecule has 3 heteroatoms. The summed E-state index contributed by atoms with van der Waals surface area (Å²) in [4.78, 5) is 2.64. The van der Waals surface area contributed by atoms with Gasteiger partial charge in [0.15, 0.2) is 0 Å². The highest BCUT2D eigenvalue weighted by molar-refractivity contribution is 4.82. The molecule has 2 aliphatic rings. The van der Waals surface area contributed by atoms with E-state index in [2.05, 4.69) is 37.9 Å². The Morgan fingerprint density at radius 3 is 2.33 bits per heavy atom. The van der Waals surface area contributed by atoms with E-state index in [4.69, 9.17) is 4.74 Å². The molecule has 0 spiro atoms. The molecule has 124 valence electrons. The first-order valence-corrected chi connectivity index (χ1v) is 9.09. The Balaban J connectivity index is 1.62. The van der Waals surface area contributed by atoms with E-state index < -0.39 is 0 Å². The molecule has 2 atom stereocenters. The monoisotopic (exact) mass is 296 g/mol. The molecule has 0 aliphatic carbocycles. The van der Waals surface area contributed by atoms with Gasteiger partial charge in [0, 0.05) is 18.6 Å². The first-order valence-electron chi connectivity index (χ1n) is 9.09. The van der Waals surface area contributed by atoms with Gasteiger partial charge in [0.2, 0.25) is 0 Å². The summed E-state index contributed by atoms with van der Waals surface area (Å²) in [6, 6.07) is 0. The summed E-state index contributed by atoms with van der Waals surface area (Å²) in [6.07, 6.45) is 8.93. The van der Waals surface area contributed by atoms with Gasteiger partial charge < -0.3 is 15.0 Å². The molecule has 2 rings (SSSR count). The summed E-state index contributed by atoms with van der Waals surface area (Å²) in [5, 5.41) is 3.57. The van der Waals surface area contributed by atoms with Gasteiger partial charge in [-0.3, -0.25) is 0 Å². The van der Waals surface area contributed by atoms with Crippen molar-refractivity contribution in [3.8, 4) is 0 Å². The molecule has 0 radical (unpaired) electrons. The molecule has 0 saturated carbocycles. The maximum atomic E-state index is 6.23. The molecule has 0 aromatic carbocycles. The Labute approximate surface area is 131 Å². The van der Waals surface area contributed by atoms with Crippen LogP contribution >= 0.6 is 0 Å². The van der Waals surface area contributed by atoms with Crippen molar-refractivity contribution in [2.45, 2.75) is 84.0 Å². The van der Waals surface area contributed by atoms with Gasteiger partial charge in [-0.25, -0.2) is 0 Å². The summed E-state index contributed by atoms with van der Waals surface area (Å²) < 4.78 is 6.23. The van der Waals surface area contributed by atoms with Crippen LogP contribution in [0.15, 0.2) is 0 Å². The molecule has 0 aromatic rings. The number of likely N-dealkylation sites (tertiary alicyclic amines) is 1. The Morgan fingerprint density at radius 2 is 1.71 bits per heavy atom. The van der Waals surface area contributed by atoms with Crippen molar-refractivity contribution in [1.82, 2.24) is 10.2 Å². The molecule has 0 bridgehead atoms. The smallest absolute Gasteiger partial charge is 0.0707 e. The predicted molar refractivity (Wildman–Crippen MR) is 89.7 cm³/mol. The van der Waals surface area contributed by atoms with Crippen molar-refractivity contribution in [3.05, 3.63) is 0 Å². The van der Waals surface area contributed by atoms with E-state index in [0.29, 0.717) is 12.2 Å². The third kappa shape index (κ3) is 6.25. The zero-order chi connectivity index (χ0) is 15.3. The highest BCUT2D eigenvalue weighted by atomic mass is 16.5. The predicted octanol–water partition coefficient (Wildman–Crippen LogP) is 3.43. The highest BCUT2D eigenvalue weighted by Gasteiger charge is 2.29. The van der Waals surface area contributed by atoms with Crippen molar-refractivity contribution < 1.29 is 4.74 Å². The maximum Gasteiger partial charge on any atom is 0.0707 e. The van der Waals surface area contributed by atoms with Crippen LogP contribution in [0.2, 0.25) is 0 Å². The fourth-order valence-corrected chi connectivity index (χ4v) is 3.64. The lowest BCUT2D eigenvalue weighted by Gasteiger charge is -2.33. The van der Waals surface area contributed by atoms with Crippen molar-refractivity contribution in [2.75, 3.05) is 26.2 Å². The van der Waals surface area contributed by atoms with Crippen LogP contribution in [-0.2, 0) is 4.74 Å². The van der Waals surface area contributed by atoms with E-state index in [1.807, 2.05) is 0 Å². The number of nitrogens with one attached hydrogen (secondary N) is 1. The Bertz CT molecular complexity index is 292. The number of hydrogen-bond acceptors (Lipinski definition) is 3. The van der Waals surface area contributed by atoms with Crippen molar-refractivity contribution in [1.29, 1.82) is 0 Å². The minimum absolute atomic E-state index is 0.197. The van der Waals surface area contributed by atoms with E-state index in [9.17, 15) is 0 Å². The summed E-state index contributed by atoms with van der Waals surface area (Å²) in [5.41, 5.74) is 0.197. The average Bonchev–Trinajstić information content (AvgIpc) is 2.86. The van der Waals surface area contributed by atoms with E-state index in [0.717, 1.165) is 19.0 Å². The van der Waals surface area contributed by atoms with Gasteiger partial charge in [0.25, 0.3) is 0 Å². The number of hydrogen-bond donors (Lipinski definition) is 1. The quantitative estimate of drug-likeness (QED) is 0.812. The normalized spacial score (nSPS) is 29.1. The molecule has 0 aromatic heterocycles. The lowest BCUT2D eigenvalue weighted by atomic mass is 9.92. The number of nitrogens with zero attached hydrogens (tertiary/aromatic N) is 1. The maximum absolute atomic E-state index is 6.23. The second-order valence-electron chi connectivity index (χ2n) is 8.12. The van der Waals surface area contributed by atoms with E-state index >= 15 is 0 Å². The minimum Gasteiger partial charge on any atom is -0.372 e. The molecule has 2 aliphatic heterocycles. The Hall–Kier alpha value is -0.120. The molecule has 2 fully saturated rings. The average molecular weight is 296 g/mol. The van der Waals surface area contributed by atoms with Crippen LogP contribution < -0.4 is 5.32 Å². The van der Waals surface area contributed by atoms with Gasteiger partial charge in [-0.1, -0.05) is 19.8 Å². The minimum atomic E-state index is 0.197. The summed E-state index contributed by atoms with van der Waals surface area (Å²) >= 11 is 0. The number of ether oxygens (including phenoxy) is 1. The molecule has 2 saturated heterocycles. The zero-order valence-corrected chi connectivity index (χ0v) is 14.7. The third-order valence-electron chi connectivity index (χ3n) is 4.92. The Morgan fingerprint density at radius 1 is 1.05 bits per heavy atom. The zero-order valence-electron chi connectivity index (χ0n) is 14.7. The van der Waals surface area contributed by atoms with E-state index in [-0.39, 0.29) is 5.54 Å². The van der Waals surface area contributed by atoms with E-state index in [1.54, 1.807) is 0 Å². The van der Waals surface area contributed by atoms with Gasteiger partial charge in [0.05, 0.1) is 12.2 Å². The lowest BCUT2D eigenvalue weighted by molar-refractivity contribution is 0.0142. The summed E-state index contributed by atoms with van der Waals surface area (Å²) in [5.74, 6) is 0.986. The fourth-order valence-electron chi connectivity index (χ4n) is 3.64.